The molecule has 1 aliphatic carbocycles. The van der Waals surface area contributed by atoms with Crippen LogP contribution in [0.3, 0.4) is 0 Å². The number of ether oxygens (including phenoxy) is 1. The van der Waals surface area contributed by atoms with Crippen molar-refractivity contribution in [2.75, 3.05) is 12.4 Å². The third-order valence-electron chi connectivity index (χ3n) is 4.40. The number of methoxy groups -OCH3 is 1. The molecule has 5 heteroatoms. The Morgan fingerprint density at radius 1 is 1.43 bits per heavy atom. The Labute approximate surface area is 145 Å². The van der Waals surface area contributed by atoms with Gasteiger partial charge in [-0.3, -0.25) is 4.79 Å². The fourth-order valence-electron chi connectivity index (χ4n) is 3.00. The molecule has 3 nitrogen and oxygen atoms in total. The van der Waals surface area contributed by atoms with Crippen LogP contribution in [0.4, 0.5) is 5.69 Å². The molecule has 1 aromatic carbocycles. The average molecular weight is 350 g/mol. The molecule has 0 fully saturated rings. The fraction of sp³-hybridized carbons (Fsp3) is 0.389. The fourth-order valence-corrected chi connectivity index (χ4v) is 4.36. The lowest BCUT2D eigenvalue weighted by atomic mass is 9.87. The lowest BCUT2D eigenvalue weighted by Gasteiger charge is -2.19. The first-order chi connectivity index (χ1) is 11.1. The van der Waals surface area contributed by atoms with Crippen molar-refractivity contribution in [3.05, 3.63) is 44.6 Å². The standard InChI is InChI=1S/C18H20ClNO2S/c1-3-11-4-7-16-12(8-11)9-17(23-16)18(21)20-13-5-6-15(22-2)14(19)10-13/h5-6,9-11H,3-4,7-8H2,1-2H3,(H,20,21)/t11-/m0/s1. The second-order valence-electron chi connectivity index (χ2n) is 5.88. The van der Waals surface area contributed by atoms with Gasteiger partial charge in [-0.2, -0.15) is 0 Å². The lowest BCUT2D eigenvalue weighted by Crippen LogP contribution is -2.11. The highest BCUT2D eigenvalue weighted by molar-refractivity contribution is 7.14. The Hall–Kier alpha value is -1.52. The van der Waals surface area contributed by atoms with Gasteiger partial charge in [-0.25, -0.2) is 0 Å². The van der Waals surface area contributed by atoms with Crippen molar-refractivity contribution < 1.29 is 9.53 Å². The molecule has 1 heterocycles. The number of carbonyl (C=O) groups excluding carboxylic acids is 1. The first-order valence-corrected chi connectivity index (χ1v) is 9.06. The van der Waals surface area contributed by atoms with E-state index in [-0.39, 0.29) is 5.91 Å². The third-order valence-corrected chi connectivity index (χ3v) is 5.93. The van der Waals surface area contributed by atoms with E-state index < -0.39 is 0 Å². The maximum absolute atomic E-state index is 12.5. The average Bonchev–Trinajstić information content (AvgIpc) is 2.98. The molecule has 1 atom stereocenters. The highest BCUT2D eigenvalue weighted by Gasteiger charge is 2.22. The number of amides is 1. The Kier molecular flexibility index (Phi) is 4.93. The van der Waals surface area contributed by atoms with E-state index in [1.165, 1.54) is 23.3 Å². The Morgan fingerprint density at radius 3 is 2.96 bits per heavy atom. The SMILES string of the molecule is CC[C@H]1CCc2sc(C(=O)Nc3ccc(OC)c(Cl)c3)cc2C1. The Bertz CT molecular complexity index is 726. The zero-order chi connectivity index (χ0) is 16.4. The predicted octanol–water partition coefficient (Wildman–Crippen LogP) is 5.18. The number of thiophene rings is 1. The molecule has 1 aliphatic rings. The smallest absolute Gasteiger partial charge is 0.265 e. The van der Waals surface area contributed by atoms with Gasteiger partial charge >= 0.3 is 0 Å². The van der Waals surface area contributed by atoms with Gasteiger partial charge in [-0.05, 0) is 55.0 Å². The number of rotatable bonds is 4. The molecule has 122 valence electrons. The number of hydrogen-bond donors (Lipinski definition) is 1. The van der Waals surface area contributed by atoms with Gasteiger partial charge in [0.1, 0.15) is 5.75 Å². The Balaban J connectivity index is 1.74. The summed E-state index contributed by atoms with van der Waals surface area (Å²) in [4.78, 5) is 14.6. The maximum atomic E-state index is 12.5. The van der Waals surface area contributed by atoms with E-state index in [0.29, 0.717) is 16.5 Å². The van der Waals surface area contributed by atoms with Gasteiger partial charge in [0.05, 0.1) is 17.0 Å². The van der Waals surface area contributed by atoms with Gasteiger partial charge in [0.15, 0.2) is 0 Å². The van der Waals surface area contributed by atoms with Crippen LogP contribution in [0, 0.1) is 5.92 Å². The van der Waals surface area contributed by atoms with Gasteiger partial charge in [0.25, 0.3) is 5.91 Å². The normalized spacial score (nSPS) is 16.7. The zero-order valence-electron chi connectivity index (χ0n) is 13.3. The number of aryl methyl sites for hydroxylation is 1. The van der Waals surface area contributed by atoms with Gasteiger partial charge in [0.2, 0.25) is 0 Å². The van der Waals surface area contributed by atoms with Crippen LogP contribution in [0.2, 0.25) is 5.02 Å². The number of carbonyl (C=O) groups is 1. The van der Waals surface area contributed by atoms with Crippen LogP contribution in [0.25, 0.3) is 0 Å². The summed E-state index contributed by atoms with van der Waals surface area (Å²) in [5.74, 6) is 1.29. The molecule has 0 radical (unpaired) electrons. The minimum absolute atomic E-state index is 0.0707. The van der Waals surface area contributed by atoms with Crippen LogP contribution >= 0.6 is 22.9 Å². The van der Waals surface area contributed by atoms with E-state index in [9.17, 15) is 4.79 Å². The molecule has 1 amide bonds. The summed E-state index contributed by atoms with van der Waals surface area (Å²) in [5, 5.41) is 3.40. The molecular weight excluding hydrogens is 330 g/mol. The van der Waals surface area contributed by atoms with Crippen molar-refractivity contribution in [1.29, 1.82) is 0 Å². The molecule has 1 N–H and O–H groups in total. The molecule has 0 bridgehead atoms. The van der Waals surface area contributed by atoms with E-state index in [0.717, 1.165) is 23.6 Å². The van der Waals surface area contributed by atoms with Crippen molar-refractivity contribution in [3.8, 4) is 5.75 Å². The largest absolute Gasteiger partial charge is 0.495 e. The van der Waals surface area contributed by atoms with Crippen LogP contribution < -0.4 is 10.1 Å². The topological polar surface area (TPSA) is 38.3 Å². The van der Waals surface area contributed by atoms with Crippen LogP contribution in [0.1, 0.15) is 39.9 Å². The summed E-state index contributed by atoms with van der Waals surface area (Å²) in [5.41, 5.74) is 2.03. The number of benzene rings is 1. The highest BCUT2D eigenvalue weighted by atomic mass is 35.5. The monoisotopic (exact) mass is 349 g/mol. The quantitative estimate of drug-likeness (QED) is 0.826. The summed E-state index contributed by atoms with van der Waals surface area (Å²) in [7, 11) is 1.57. The predicted molar refractivity (Wildman–Crippen MR) is 96.1 cm³/mol. The van der Waals surface area contributed by atoms with Gasteiger partial charge < -0.3 is 10.1 Å². The van der Waals surface area contributed by atoms with E-state index in [2.05, 4.69) is 18.3 Å². The summed E-state index contributed by atoms with van der Waals surface area (Å²) in [6.45, 7) is 2.24. The van der Waals surface area contributed by atoms with Gasteiger partial charge in [-0.15, -0.1) is 11.3 Å². The molecule has 0 unspecified atom stereocenters. The van der Waals surface area contributed by atoms with Crippen molar-refractivity contribution in [2.45, 2.75) is 32.6 Å². The molecular formula is C18H20ClNO2S. The summed E-state index contributed by atoms with van der Waals surface area (Å²) in [6.07, 6.45) is 4.64. The third kappa shape index (κ3) is 3.54. The number of hydrogen-bond acceptors (Lipinski definition) is 3. The highest BCUT2D eigenvalue weighted by Crippen LogP contribution is 2.34. The van der Waals surface area contributed by atoms with Crippen LogP contribution in [0.15, 0.2) is 24.3 Å². The molecule has 0 spiro atoms. The molecule has 0 aliphatic heterocycles. The first kappa shape index (κ1) is 16.3. The van der Waals surface area contributed by atoms with Crippen molar-refractivity contribution in [3.63, 3.8) is 0 Å². The van der Waals surface area contributed by atoms with E-state index in [4.69, 9.17) is 16.3 Å². The molecule has 2 aromatic rings. The second kappa shape index (κ2) is 6.93. The second-order valence-corrected chi connectivity index (χ2v) is 7.42. The minimum Gasteiger partial charge on any atom is -0.495 e. The first-order valence-electron chi connectivity index (χ1n) is 7.87. The molecule has 23 heavy (non-hydrogen) atoms. The van der Waals surface area contributed by atoms with Gasteiger partial charge in [0, 0.05) is 10.6 Å². The summed E-state index contributed by atoms with van der Waals surface area (Å²) in [6, 6.07) is 7.31. The number of anilines is 1. The lowest BCUT2D eigenvalue weighted by molar-refractivity contribution is 0.103. The van der Waals surface area contributed by atoms with E-state index >= 15 is 0 Å². The summed E-state index contributed by atoms with van der Waals surface area (Å²) < 4.78 is 5.12. The molecule has 1 aromatic heterocycles. The number of nitrogens with one attached hydrogen (secondary N) is 1. The molecule has 3 rings (SSSR count). The molecule has 0 saturated carbocycles. The van der Waals surface area contributed by atoms with E-state index in [1.54, 1.807) is 36.6 Å². The minimum atomic E-state index is -0.0707. The number of halogens is 1. The molecule has 0 saturated heterocycles. The van der Waals surface area contributed by atoms with Gasteiger partial charge in [-0.1, -0.05) is 24.9 Å². The zero-order valence-corrected chi connectivity index (χ0v) is 14.9. The van der Waals surface area contributed by atoms with Crippen LogP contribution in [-0.4, -0.2) is 13.0 Å². The van der Waals surface area contributed by atoms with Crippen LogP contribution in [0.5, 0.6) is 5.75 Å². The van der Waals surface area contributed by atoms with Crippen molar-refractivity contribution in [1.82, 2.24) is 0 Å². The van der Waals surface area contributed by atoms with Crippen molar-refractivity contribution >= 4 is 34.5 Å². The number of fused-ring (bicyclic) bond motifs is 1. The van der Waals surface area contributed by atoms with E-state index in [1.807, 2.05) is 0 Å². The maximum Gasteiger partial charge on any atom is 0.265 e. The van der Waals surface area contributed by atoms with Crippen molar-refractivity contribution in [2.24, 2.45) is 5.92 Å². The Morgan fingerprint density at radius 2 is 2.26 bits per heavy atom. The summed E-state index contributed by atoms with van der Waals surface area (Å²) >= 11 is 7.72. The van der Waals surface area contributed by atoms with Crippen LogP contribution in [-0.2, 0) is 12.8 Å².